The van der Waals surface area contributed by atoms with Crippen molar-refractivity contribution >= 4 is 17.8 Å². The lowest BCUT2D eigenvalue weighted by Gasteiger charge is -2.41. The van der Waals surface area contributed by atoms with Gasteiger partial charge < -0.3 is 20.0 Å². The van der Waals surface area contributed by atoms with Crippen molar-refractivity contribution < 1.29 is 4.79 Å². The van der Waals surface area contributed by atoms with Crippen molar-refractivity contribution in [3.8, 4) is 0 Å². The van der Waals surface area contributed by atoms with Gasteiger partial charge in [0.15, 0.2) is 0 Å². The van der Waals surface area contributed by atoms with Gasteiger partial charge in [-0.3, -0.25) is 4.90 Å². The van der Waals surface area contributed by atoms with Crippen molar-refractivity contribution in [1.29, 1.82) is 0 Å². The van der Waals surface area contributed by atoms with Crippen LogP contribution in [0.1, 0.15) is 43.4 Å². The number of carbonyl (C=O) groups is 1. The molecule has 1 saturated carbocycles. The predicted molar refractivity (Wildman–Crippen MR) is 125 cm³/mol. The maximum atomic E-state index is 12.4. The molecule has 0 spiro atoms. The Morgan fingerprint density at radius 1 is 1.13 bits per heavy atom. The van der Waals surface area contributed by atoms with Gasteiger partial charge in [-0.2, -0.15) is 4.98 Å². The Hall–Kier alpha value is -2.35. The van der Waals surface area contributed by atoms with Crippen LogP contribution < -0.4 is 15.1 Å². The van der Waals surface area contributed by atoms with Crippen molar-refractivity contribution in [3.05, 3.63) is 23.9 Å². The number of urea groups is 1. The van der Waals surface area contributed by atoms with Gasteiger partial charge in [0.25, 0.3) is 0 Å². The summed E-state index contributed by atoms with van der Waals surface area (Å²) in [6.07, 6.45) is 9.34. The average molecular weight is 428 g/mol. The highest BCUT2D eigenvalue weighted by molar-refractivity contribution is 5.75. The Kier molecular flexibility index (Phi) is 6.95. The maximum Gasteiger partial charge on any atom is 0.317 e. The van der Waals surface area contributed by atoms with Crippen molar-refractivity contribution in [1.82, 2.24) is 25.1 Å². The summed E-state index contributed by atoms with van der Waals surface area (Å²) >= 11 is 0. The summed E-state index contributed by atoms with van der Waals surface area (Å²) in [6.45, 7) is 9.53. The number of amides is 2. The molecule has 0 unspecified atom stereocenters. The molecule has 4 rings (SSSR count). The van der Waals surface area contributed by atoms with E-state index in [-0.39, 0.29) is 6.03 Å². The highest BCUT2D eigenvalue weighted by atomic mass is 16.2. The zero-order valence-corrected chi connectivity index (χ0v) is 19.1. The third-order valence-corrected chi connectivity index (χ3v) is 6.82. The summed E-state index contributed by atoms with van der Waals surface area (Å²) < 4.78 is 0. The molecule has 1 N–H and O–H groups in total. The Bertz CT molecular complexity index is 782. The smallest absolute Gasteiger partial charge is 0.317 e. The maximum absolute atomic E-state index is 12.4. The highest BCUT2D eigenvalue weighted by Gasteiger charge is 2.29. The molecule has 0 bridgehead atoms. The fourth-order valence-corrected chi connectivity index (χ4v) is 5.07. The fourth-order valence-electron chi connectivity index (χ4n) is 5.07. The molecule has 8 nitrogen and oxygen atoms in total. The SMILES string of the molecule is C=CCNC(=O)N1CCc2nc(N3CCN(C4CCCCC4)CC3)nc(N(C)C)c2C1. The number of aromatic nitrogens is 2. The van der Waals surface area contributed by atoms with Crippen LogP contribution >= 0.6 is 0 Å². The van der Waals surface area contributed by atoms with E-state index in [9.17, 15) is 4.79 Å². The number of rotatable bonds is 5. The predicted octanol–water partition coefficient (Wildman–Crippen LogP) is 2.25. The topological polar surface area (TPSA) is 67.8 Å². The summed E-state index contributed by atoms with van der Waals surface area (Å²) in [5.74, 6) is 1.77. The van der Waals surface area contributed by atoms with E-state index in [1.54, 1.807) is 6.08 Å². The molecule has 1 saturated heterocycles. The van der Waals surface area contributed by atoms with E-state index >= 15 is 0 Å². The zero-order chi connectivity index (χ0) is 21.8. The first-order chi connectivity index (χ1) is 15.1. The lowest BCUT2D eigenvalue weighted by molar-refractivity contribution is 0.147. The molecule has 0 atom stereocenters. The van der Waals surface area contributed by atoms with Gasteiger partial charge in [-0.15, -0.1) is 6.58 Å². The number of anilines is 2. The van der Waals surface area contributed by atoms with Crippen molar-refractivity contribution in [2.75, 3.05) is 63.2 Å². The highest BCUT2D eigenvalue weighted by Crippen LogP contribution is 2.29. The molecule has 2 fully saturated rings. The van der Waals surface area contributed by atoms with Gasteiger partial charge >= 0.3 is 6.03 Å². The third kappa shape index (κ3) is 4.95. The molecule has 1 aromatic heterocycles. The first kappa shape index (κ1) is 21.9. The lowest BCUT2D eigenvalue weighted by Crippen LogP contribution is -2.51. The van der Waals surface area contributed by atoms with Gasteiger partial charge in [-0.05, 0) is 12.8 Å². The number of hydrogen-bond acceptors (Lipinski definition) is 6. The van der Waals surface area contributed by atoms with E-state index in [1.807, 2.05) is 23.9 Å². The standard InChI is InChI=1S/C23H37N7O/c1-4-11-24-23(31)30-12-10-20-19(17-30)21(27(2)3)26-22(25-20)29-15-13-28(14-16-29)18-8-6-5-7-9-18/h4,18H,1,5-17H2,2-3H3,(H,24,31). The minimum absolute atomic E-state index is 0.0573. The molecule has 170 valence electrons. The minimum atomic E-state index is -0.0573. The molecule has 0 aromatic carbocycles. The summed E-state index contributed by atoms with van der Waals surface area (Å²) in [5, 5.41) is 2.88. The van der Waals surface area contributed by atoms with E-state index < -0.39 is 0 Å². The van der Waals surface area contributed by atoms with Gasteiger partial charge in [0, 0.05) is 71.4 Å². The van der Waals surface area contributed by atoms with Crippen LogP contribution in [-0.2, 0) is 13.0 Å². The van der Waals surface area contributed by atoms with Gasteiger partial charge in [0.2, 0.25) is 5.95 Å². The van der Waals surface area contributed by atoms with Crippen LogP contribution in [0.15, 0.2) is 12.7 Å². The number of piperazine rings is 1. The molecule has 2 amide bonds. The van der Waals surface area contributed by atoms with Crippen LogP contribution in [-0.4, -0.2) is 85.2 Å². The number of hydrogen-bond donors (Lipinski definition) is 1. The van der Waals surface area contributed by atoms with Gasteiger partial charge in [0.05, 0.1) is 12.2 Å². The number of fused-ring (bicyclic) bond motifs is 1. The van der Waals surface area contributed by atoms with Gasteiger partial charge in [-0.1, -0.05) is 25.3 Å². The van der Waals surface area contributed by atoms with Crippen molar-refractivity contribution in [2.24, 2.45) is 0 Å². The van der Waals surface area contributed by atoms with Crippen LogP contribution in [0.25, 0.3) is 0 Å². The van der Waals surface area contributed by atoms with Crippen LogP contribution in [0.3, 0.4) is 0 Å². The first-order valence-corrected chi connectivity index (χ1v) is 11.8. The molecule has 3 heterocycles. The quantitative estimate of drug-likeness (QED) is 0.727. The molecule has 8 heteroatoms. The Morgan fingerprint density at radius 3 is 2.55 bits per heavy atom. The molecular formula is C23H37N7O. The Morgan fingerprint density at radius 2 is 1.87 bits per heavy atom. The van der Waals surface area contributed by atoms with Crippen LogP contribution in [0, 0.1) is 0 Å². The van der Waals surface area contributed by atoms with Crippen molar-refractivity contribution in [3.63, 3.8) is 0 Å². The average Bonchev–Trinajstić information content (AvgIpc) is 2.82. The fraction of sp³-hybridized carbons (Fsp3) is 0.696. The summed E-state index contributed by atoms with van der Waals surface area (Å²) in [5.41, 5.74) is 2.14. The molecule has 2 aliphatic heterocycles. The molecule has 3 aliphatic rings. The molecule has 0 radical (unpaired) electrons. The molecular weight excluding hydrogens is 390 g/mol. The second-order valence-corrected chi connectivity index (χ2v) is 9.13. The van der Waals surface area contributed by atoms with Crippen LogP contribution in [0.2, 0.25) is 0 Å². The molecule has 31 heavy (non-hydrogen) atoms. The second kappa shape index (κ2) is 9.85. The molecule has 1 aromatic rings. The monoisotopic (exact) mass is 427 g/mol. The molecule has 1 aliphatic carbocycles. The van der Waals surface area contributed by atoms with E-state index in [0.717, 1.165) is 61.7 Å². The van der Waals surface area contributed by atoms with Crippen LogP contribution in [0.5, 0.6) is 0 Å². The lowest BCUT2D eigenvalue weighted by atomic mass is 9.94. The first-order valence-electron chi connectivity index (χ1n) is 11.8. The number of nitrogens with zero attached hydrogens (tertiary/aromatic N) is 6. The Labute approximate surface area is 186 Å². The summed E-state index contributed by atoms with van der Waals surface area (Å²) in [4.78, 5) is 31.3. The van der Waals surface area contributed by atoms with E-state index in [1.165, 1.54) is 32.1 Å². The summed E-state index contributed by atoms with van der Waals surface area (Å²) in [6, 6.07) is 0.717. The minimum Gasteiger partial charge on any atom is -0.362 e. The van der Waals surface area contributed by atoms with Crippen molar-refractivity contribution in [2.45, 2.75) is 51.1 Å². The Balaban J connectivity index is 1.46. The second-order valence-electron chi connectivity index (χ2n) is 9.13. The van der Waals surface area contributed by atoms with Gasteiger partial charge in [-0.25, -0.2) is 9.78 Å². The summed E-state index contributed by atoms with van der Waals surface area (Å²) in [7, 11) is 4.04. The number of nitrogens with one attached hydrogen (secondary N) is 1. The number of carbonyl (C=O) groups excluding carboxylic acids is 1. The zero-order valence-electron chi connectivity index (χ0n) is 19.1. The third-order valence-electron chi connectivity index (χ3n) is 6.82. The largest absolute Gasteiger partial charge is 0.362 e. The van der Waals surface area contributed by atoms with E-state index in [4.69, 9.17) is 9.97 Å². The van der Waals surface area contributed by atoms with Gasteiger partial charge in [0.1, 0.15) is 5.82 Å². The van der Waals surface area contributed by atoms with Crippen LogP contribution in [0.4, 0.5) is 16.6 Å². The van der Waals surface area contributed by atoms with E-state index in [2.05, 4.69) is 21.7 Å². The van der Waals surface area contributed by atoms with E-state index in [0.29, 0.717) is 19.6 Å². The normalized spacial score (nSPS) is 20.3.